The average molecular weight is 410 g/mol. The maximum Gasteiger partial charge on any atom is 0.400 e. The molecule has 0 radical (unpaired) electrons. The fourth-order valence-corrected chi connectivity index (χ4v) is 4.84. The summed E-state index contributed by atoms with van der Waals surface area (Å²) in [7, 11) is -2.77. The number of aromatic nitrogens is 2. The Morgan fingerprint density at radius 3 is 2.62 bits per heavy atom. The van der Waals surface area contributed by atoms with E-state index < -0.39 is 24.4 Å². The summed E-state index contributed by atoms with van der Waals surface area (Å²) in [5.41, 5.74) is 0.414. The van der Waals surface area contributed by atoms with E-state index in [1.165, 1.54) is 12.1 Å². The van der Waals surface area contributed by atoms with Gasteiger partial charge in [0.15, 0.2) is 7.29 Å². The second-order valence-electron chi connectivity index (χ2n) is 6.00. The van der Waals surface area contributed by atoms with Gasteiger partial charge in [0.2, 0.25) is 5.82 Å². The van der Waals surface area contributed by atoms with Crippen LogP contribution in [0.2, 0.25) is 0 Å². The monoisotopic (exact) mass is 409 g/mol. The van der Waals surface area contributed by atoms with Gasteiger partial charge in [0.05, 0.1) is 13.2 Å². The molecule has 11 heteroatoms. The molecule has 2 aromatic rings. The van der Waals surface area contributed by atoms with Crippen molar-refractivity contribution < 1.29 is 27.0 Å². The van der Waals surface area contributed by atoms with Crippen LogP contribution in [0.5, 0.6) is 0 Å². The van der Waals surface area contributed by atoms with Gasteiger partial charge in [0, 0.05) is 31.5 Å². The Bertz CT molecular complexity index is 837. The van der Waals surface area contributed by atoms with Gasteiger partial charge in [0.1, 0.15) is 5.82 Å². The molecule has 1 fully saturated rings. The van der Waals surface area contributed by atoms with Crippen LogP contribution in [0.3, 0.4) is 0 Å². The van der Waals surface area contributed by atoms with E-state index in [4.69, 9.17) is 16.3 Å². The third-order valence-electron chi connectivity index (χ3n) is 4.03. The number of alkyl halides is 3. The molecule has 0 N–H and O–H groups in total. The van der Waals surface area contributed by atoms with Crippen LogP contribution in [0.15, 0.2) is 22.7 Å². The largest absolute Gasteiger partial charge is 0.400 e. The lowest BCUT2D eigenvalue weighted by Crippen LogP contribution is -2.34. The van der Waals surface area contributed by atoms with Crippen LogP contribution in [0, 0.1) is 5.82 Å². The normalized spacial score (nSPS) is 18.7. The summed E-state index contributed by atoms with van der Waals surface area (Å²) < 4.78 is 64.7. The van der Waals surface area contributed by atoms with E-state index in [0.717, 1.165) is 6.07 Å². The van der Waals surface area contributed by atoms with E-state index >= 15 is 0 Å². The molecule has 0 bridgehead atoms. The van der Waals surface area contributed by atoms with Crippen LogP contribution in [0.25, 0.3) is 11.4 Å². The van der Waals surface area contributed by atoms with Crippen LogP contribution in [0.4, 0.5) is 13.2 Å². The fraction of sp³-hybridized carbons (Fsp3) is 0.467. The molecule has 26 heavy (non-hydrogen) atoms. The molecule has 1 aliphatic heterocycles. The molecular weight excluding hydrogens is 394 g/mol. The van der Waals surface area contributed by atoms with Crippen molar-refractivity contribution >= 4 is 18.9 Å². The van der Waals surface area contributed by atoms with Gasteiger partial charge >= 0.3 is 11.3 Å². The number of rotatable bonds is 5. The molecule has 1 atom stereocenters. The molecular formula is C15H16ClF3N3O3P. The highest BCUT2D eigenvalue weighted by Gasteiger charge is 2.36. The maximum atomic E-state index is 14.4. The first-order valence-electron chi connectivity index (χ1n) is 7.76. The fourth-order valence-electron chi connectivity index (χ4n) is 2.66. The van der Waals surface area contributed by atoms with E-state index in [-0.39, 0.29) is 23.1 Å². The minimum atomic E-state index is -3.79. The summed E-state index contributed by atoms with van der Waals surface area (Å²) in [4.78, 5) is 3.47. The average Bonchev–Trinajstić information content (AvgIpc) is 3.08. The summed E-state index contributed by atoms with van der Waals surface area (Å²) in [5, 5.41) is -0.417. The molecule has 0 spiro atoms. The summed E-state index contributed by atoms with van der Waals surface area (Å²) in [5.74, 6) is -1.90. The summed E-state index contributed by atoms with van der Waals surface area (Å²) in [6, 6.07) is 3.99. The third-order valence-corrected chi connectivity index (χ3v) is 6.72. The Kier molecular flexibility index (Phi) is 5.44. The van der Waals surface area contributed by atoms with Crippen molar-refractivity contribution in [1.29, 1.82) is 0 Å². The number of benzene rings is 1. The van der Waals surface area contributed by atoms with Crippen molar-refractivity contribution in [3.05, 3.63) is 35.5 Å². The van der Waals surface area contributed by atoms with Crippen molar-refractivity contribution in [3.63, 3.8) is 0 Å². The van der Waals surface area contributed by atoms with Crippen molar-refractivity contribution in [3.8, 4) is 11.4 Å². The Labute approximate surface area is 152 Å². The second-order valence-corrected chi connectivity index (χ2v) is 9.46. The summed E-state index contributed by atoms with van der Waals surface area (Å²) in [6.45, 7) is 3.66. The highest BCUT2D eigenvalue weighted by molar-refractivity contribution is 7.59. The van der Waals surface area contributed by atoms with Gasteiger partial charge in [-0.15, -0.1) is 0 Å². The Balaban J connectivity index is 1.79. The third kappa shape index (κ3) is 4.28. The molecule has 1 aromatic heterocycles. The molecule has 3 rings (SSSR count). The molecule has 0 saturated carbocycles. The van der Waals surface area contributed by atoms with Crippen molar-refractivity contribution in [2.45, 2.75) is 11.5 Å². The predicted molar refractivity (Wildman–Crippen MR) is 89.1 cm³/mol. The second kappa shape index (κ2) is 7.31. The number of ether oxygens (including phenoxy) is 1. The molecule has 1 saturated heterocycles. The van der Waals surface area contributed by atoms with E-state index in [9.17, 15) is 17.7 Å². The van der Waals surface area contributed by atoms with Crippen molar-refractivity contribution in [1.82, 2.24) is 14.8 Å². The summed E-state index contributed by atoms with van der Waals surface area (Å²) in [6.07, 6.45) is 0.0519. The summed E-state index contributed by atoms with van der Waals surface area (Å²) >= 11 is 4.81. The minimum absolute atomic E-state index is 0.0519. The Hall–Kier alpha value is -1.41. The van der Waals surface area contributed by atoms with E-state index in [2.05, 4.69) is 14.7 Å². The number of hydrogen-bond donors (Lipinski definition) is 0. The zero-order valence-electron chi connectivity index (χ0n) is 13.8. The lowest BCUT2D eigenvalue weighted by Gasteiger charge is -2.32. The van der Waals surface area contributed by atoms with Gasteiger partial charge in [-0.2, -0.15) is 13.8 Å². The zero-order valence-corrected chi connectivity index (χ0v) is 15.4. The Morgan fingerprint density at radius 2 is 2.04 bits per heavy atom. The lowest BCUT2D eigenvalue weighted by molar-refractivity contribution is 0.0551. The number of nitrogens with zero attached hydrogens (tertiary/aromatic N) is 3. The van der Waals surface area contributed by atoms with Crippen LogP contribution < -0.4 is 0 Å². The van der Waals surface area contributed by atoms with Crippen LogP contribution >= 0.6 is 18.9 Å². The van der Waals surface area contributed by atoms with Gasteiger partial charge in [0.25, 0.3) is 0 Å². The first kappa shape index (κ1) is 19.4. The molecule has 0 amide bonds. The highest BCUT2D eigenvalue weighted by atomic mass is 35.5. The van der Waals surface area contributed by atoms with Crippen LogP contribution in [-0.2, 0) is 20.8 Å². The maximum absolute atomic E-state index is 14.4. The quantitative estimate of drug-likeness (QED) is 0.551. The van der Waals surface area contributed by atoms with Gasteiger partial charge in [-0.05, 0) is 23.2 Å². The van der Waals surface area contributed by atoms with Crippen molar-refractivity contribution in [2.24, 2.45) is 0 Å². The van der Waals surface area contributed by atoms with E-state index in [0.29, 0.717) is 26.3 Å². The van der Waals surface area contributed by atoms with Gasteiger partial charge in [-0.1, -0.05) is 17.3 Å². The minimum Gasteiger partial charge on any atom is -0.379 e. The smallest absolute Gasteiger partial charge is 0.379 e. The molecule has 2 heterocycles. The van der Waals surface area contributed by atoms with Gasteiger partial charge < -0.3 is 13.8 Å². The number of morpholine rings is 1. The number of hydrogen-bond acceptors (Lipinski definition) is 5. The van der Waals surface area contributed by atoms with Crippen LogP contribution in [0.1, 0.15) is 11.5 Å². The molecule has 1 aliphatic rings. The van der Waals surface area contributed by atoms with E-state index in [1.54, 1.807) is 6.66 Å². The SMILES string of the molecule is CP(=O)(Cc1ccc(-c2noc(C(F)(F)Cl)n2)cc1F)N1CCOCC1. The Morgan fingerprint density at radius 1 is 1.35 bits per heavy atom. The molecule has 1 unspecified atom stereocenters. The topological polar surface area (TPSA) is 68.5 Å². The lowest BCUT2D eigenvalue weighted by atomic mass is 10.1. The van der Waals surface area contributed by atoms with Crippen molar-refractivity contribution in [2.75, 3.05) is 33.0 Å². The predicted octanol–water partition coefficient (Wildman–Crippen LogP) is 3.90. The molecule has 0 aliphatic carbocycles. The van der Waals surface area contributed by atoms with E-state index in [1.807, 2.05) is 4.67 Å². The van der Waals surface area contributed by atoms with Gasteiger partial charge in [-0.3, -0.25) is 0 Å². The molecule has 6 nitrogen and oxygen atoms in total. The molecule has 142 valence electrons. The standard InChI is InChI=1S/C15H16ClF3N3O3P/c1-26(23,22-4-6-24-7-5-22)9-11-3-2-10(8-12(11)17)13-20-14(25-21-13)15(16,18)19/h2-3,8H,4-7,9H2,1H3. The van der Waals surface area contributed by atoms with Crippen LogP contribution in [-0.4, -0.2) is 47.8 Å². The highest BCUT2D eigenvalue weighted by Crippen LogP contribution is 2.49. The first-order chi connectivity index (χ1) is 12.2. The first-order valence-corrected chi connectivity index (χ1v) is 10.4. The zero-order chi connectivity index (χ0) is 18.9. The number of halogens is 4. The van der Waals surface area contributed by atoms with Gasteiger partial charge in [-0.25, -0.2) is 9.06 Å². The molecule has 1 aromatic carbocycles.